The molecule has 0 radical (unpaired) electrons. The van der Waals surface area contributed by atoms with Crippen molar-refractivity contribution in [3.63, 3.8) is 0 Å². The minimum Gasteiger partial charge on any atom is -0.290 e. The third-order valence-corrected chi connectivity index (χ3v) is 8.80. The standard InChI is InChI=1S/C21H25Cl2NO3S/c1-14-7-6-11-21(4)18(13-20(2,3)12-10-16(14)25)24(21)28(26,27)17-9-5-8-15(22)19(17)23/h5,7-10,12,18H,6,11,13H2,1-4H3/b12-10+,14-7+/t18-,21+,24?/m1/s1. The number of hydrogen-bond donors (Lipinski definition) is 0. The van der Waals surface area contributed by atoms with Crippen molar-refractivity contribution in [2.24, 2.45) is 5.41 Å². The van der Waals surface area contributed by atoms with Crippen LogP contribution < -0.4 is 0 Å². The van der Waals surface area contributed by atoms with Crippen molar-refractivity contribution in [1.82, 2.24) is 4.31 Å². The predicted octanol–water partition coefficient (Wildman–Crippen LogP) is 5.41. The van der Waals surface area contributed by atoms with E-state index in [9.17, 15) is 13.2 Å². The highest BCUT2D eigenvalue weighted by Crippen LogP contribution is 2.54. The summed E-state index contributed by atoms with van der Waals surface area (Å²) < 4.78 is 28.4. The average molecular weight is 442 g/mol. The van der Waals surface area contributed by atoms with Gasteiger partial charge in [0, 0.05) is 6.04 Å². The molecule has 28 heavy (non-hydrogen) atoms. The zero-order chi connectivity index (χ0) is 20.9. The minimum atomic E-state index is -3.79. The van der Waals surface area contributed by atoms with Gasteiger partial charge < -0.3 is 0 Å². The van der Waals surface area contributed by atoms with Crippen LogP contribution in [0.1, 0.15) is 47.0 Å². The molecule has 1 unspecified atom stereocenters. The largest absolute Gasteiger partial charge is 0.290 e. The van der Waals surface area contributed by atoms with Crippen LogP contribution in [0.3, 0.4) is 0 Å². The maximum Gasteiger partial charge on any atom is 0.245 e. The molecule has 1 aromatic rings. The highest BCUT2D eigenvalue weighted by molar-refractivity contribution is 7.89. The molecule has 3 atom stereocenters. The van der Waals surface area contributed by atoms with E-state index in [0.29, 0.717) is 24.8 Å². The number of fused-ring (bicyclic) bond motifs is 1. The summed E-state index contributed by atoms with van der Waals surface area (Å²) in [5.41, 5.74) is -0.170. The van der Waals surface area contributed by atoms with Crippen LogP contribution >= 0.6 is 23.2 Å². The Morgan fingerprint density at radius 3 is 2.54 bits per heavy atom. The summed E-state index contributed by atoms with van der Waals surface area (Å²) >= 11 is 12.3. The van der Waals surface area contributed by atoms with E-state index in [4.69, 9.17) is 23.2 Å². The van der Waals surface area contributed by atoms with Crippen molar-refractivity contribution in [2.45, 2.75) is 63.4 Å². The molecular formula is C21H25Cl2NO3S. The van der Waals surface area contributed by atoms with E-state index in [0.717, 1.165) is 0 Å². The summed E-state index contributed by atoms with van der Waals surface area (Å²) in [5, 5.41) is 0.274. The van der Waals surface area contributed by atoms with Gasteiger partial charge in [-0.15, -0.1) is 0 Å². The first kappa shape index (κ1) is 21.6. The lowest BCUT2D eigenvalue weighted by Gasteiger charge is -2.20. The summed E-state index contributed by atoms with van der Waals surface area (Å²) in [4.78, 5) is 12.2. The molecule has 1 aromatic carbocycles. The number of carbonyl (C=O) groups is 1. The summed E-state index contributed by atoms with van der Waals surface area (Å²) in [6.45, 7) is 7.80. The Morgan fingerprint density at radius 2 is 1.86 bits per heavy atom. The number of ketones is 1. The number of rotatable bonds is 2. The Hall–Kier alpha value is -1.14. The van der Waals surface area contributed by atoms with Gasteiger partial charge in [0.15, 0.2) is 5.78 Å². The van der Waals surface area contributed by atoms with Crippen LogP contribution in [-0.2, 0) is 14.8 Å². The fourth-order valence-electron chi connectivity index (χ4n) is 3.96. The van der Waals surface area contributed by atoms with Gasteiger partial charge in [0.2, 0.25) is 10.0 Å². The van der Waals surface area contributed by atoms with Crippen LogP contribution in [0.15, 0.2) is 46.9 Å². The van der Waals surface area contributed by atoms with Crippen LogP contribution in [0.2, 0.25) is 10.0 Å². The topological polar surface area (TPSA) is 54.2 Å². The molecule has 0 amide bonds. The second-order valence-electron chi connectivity index (χ2n) is 8.54. The van der Waals surface area contributed by atoms with Gasteiger partial charge >= 0.3 is 0 Å². The molecule has 1 fully saturated rings. The molecule has 4 nitrogen and oxygen atoms in total. The summed E-state index contributed by atoms with van der Waals surface area (Å²) in [6, 6.07) is 4.50. The lowest BCUT2D eigenvalue weighted by Crippen LogP contribution is -2.21. The SMILES string of the molecule is C/C1=C\CC[C@@]2(C)[C@@H](CC(C)(C)/C=C/C1=O)N2S(=O)(=O)c1cccc(Cl)c1Cl. The van der Waals surface area contributed by atoms with E-state index in [1.165, 1.54) is 6.07 Å². The van der Waals surface area contributed by atoms with Gasteiger partial charge in [0.1, 0.15) is 4.90 Å². The van der Waals surface area contributed by atoms with Gasteiger partial charge in [-0.1, -0.05) is 55.3 Å². The highest BCUT2D eigenvalue weighted by Gasteiger charge is 2.65. The normalized spacial score (nSPS) is 33.2. The molecule has 2 aliphatic rings. The molecule has 7 heteroatoms. The van der Waals surface area contributed by atoms with E-state index in [1.807, 2.05) is 32.9 Å². The first-order valence-electron chi connectivity index (χ1n) is 9.29. The zero-order valence-electron chi connectivity index (χ0n) is 16.5. The molecule has 1 heterocycles. The van der Waals surface area contributed by atoms with Gasteiger partial charge in [-0.25, -0.2) is 8.42 Å². The van der Waals surface area contributed by atoms with Crippen molar-refractivity contribution in [3.05, 3.63) is 52.0 Å². The molecular weight excluding hydrogens is 417 g/mol. The lowest BCUT2D eigenvalue weighted by atomic mass is 9.84. The second-order valence-corrected chi connectivity index (χ2v) is 11.1. The number of carbonyl (C=O) groups excluding carboxylic acids is 1. The summed E-state index contributed by atoms with van der Waals surface area (Å²) in [7, 11) is -3.79. The maximum absolute atomic E-state index is 13.4. The fraction of sp³-hybridized carbons (Fsp3) is 0.476. The van der Waals surface area contributed by atoms with E-state index in [-0.39, 0.29) is 32.2 Å². The third kappa shape index (κ3) is 3.82. The molecule has 0 N–H and O–H groups in total. The first-order valence-corrected chi connectivity index (χ1v) is 11.5. The number of allylic oxidation sites excluding steroid dienone is 4. The smallest absolute Gasteiger partial charge is 0.245 e. The van der Waals surface area contributed by atoms with E-state index in [1.54, 1.807) is 29.4 Å². The fourth-order valence-corrected chi connectivity index (χ4v) is 6.76. The molecule has 0 bridgehead atoms. The second kappa shape index (κ2) is 7.28. The van der Waals surface area contributed by atoms with Crippen molar-refractivity contribution in [1.29, 1.82) is 0 Å². The number of halogens is 2. The van der Waals surface area contributed by atoms with E-state index in [2.05, 4.69) is 0 Å². The van der Waals surface area contributed by atoms with Gasteiger partial charge in [-0.2, -0.15) is 4.31 Å². The number of sulfonamides is 1. The van der Waals surface area contributed by atoms with E-state index >= 15 is 0 Å². The molecule has 0 aromatic heterocycles. The third-order valence-electron chi connectivity index (χ3n) is 5.78. The van der Waals surface area contributed by atoms with Gasteiger partial charge in [-0.3, -0.25) is 4.79 Å². The minimum absolute atomic E-state index is 0.00369. The van der Waals surface area contributed by atoms with Crippen LogP contribution in [0.25, 0.3) is 0 Å². The molecule has 1 saturated heterocycles. The molecule has 1 aliphatic heterocycles. The quantitative estimate of drug-likeness (QED) is 0.576. The van der Waals surface area contributed by atoms with Crippen LogP contribution in [0, 0.1) is 5.41 Å². The first-order chi connectivity index (χ1) is 12.9. The van der Waals surface area contributed by atoms with Gasteiger partial charge in [0.25, 0.3) is 0 Å². The maximum atomic E-state index is 13.4. The molecule has 152 valence electrons. The van der Waals surface area contributed by atoms with Crippen molar-refractivity contribution < 1.29 is 13.2 Å². The molecule has 0 spiro atoms. The summed E-state index contributed by atoms with van der Waals surface area (Å²) in [5.74, 6) is 0.00369. The van der Waals surface area contributed by atoms with Crippen LogP contribution in [0.4, 0.5) is 0 Å². The predicted molar refractivity (Wildman–Crippen MR) is 113 cm³/mol. The molecule has 0 saturated carbocycles. The Labute approximate surface area is 177 Å². The average Bonchev–Trinajstić information content (AvgIpc) is 3.17. The monoisotopic (exact) mass is 441 g/mol. The molecule has 3 rings (SSSR count). The van der Waals surface area contributed by atoms with Crippen LogP contribution in [0.5, 0.6) is 0 Å². The van der Waals surface area contributed by atoms with E-state index < -0.39 is 15.6 Å². The zero-order valence-corrected chi connectivity index (χ0v) is 18.8. The van der Waals surface area contributed by atoms with Crippen LogP contribution in [-0.4, -0.2) is 30.1 Å². The van der Waals surface area contributed by atoms with Crippen molar-refractivity contribution >= 4 is 39.0 Å². The number of nitrogens with zero attached hydrogens (tertiary/aromatic N) is 1. The van der Waals surface area contributed by atoms with Gasteiger partial charge in [-0.05, 0) is 62.3 Å². The van der Waals surface area contributed by atoms with Gasteiger partial charge in [0.05, 0.1) is 15.6 Å². The Morgan fingerprint density at radius 1 is 1.18 bits per heavy atom. The number of hydrogen-bond acceptors (Lipinski definition) is 3. The summed E-state index contributed by atoms with van der Waals surface area (Å²) in [6.07, 6.45) is 7.26. The Bertz CT molecular complexity index is 981. The number of benzene rings is 1. The lowest BCUT2D eigenvalue weighted by molar-refractivity contribution is -0.111. The highest BCUT2D eigenvalue weighted by atomic mass is 35.5. The molecule has 1 aliphatic carbocycles. The Kier molecular flexibility index (Phi) is 5.61. The Balaban J connectivity index is 2.02. The van der Waals surface area contributed by atoms with Crippen molar-refractivity contribution in [3.8, 4) is 0 Å². The van der Waals surface area contributed by atoms with Crippen molar-refractivity contribution in [2.75, 3.05) is 0 Å².